The van der Waals surface area contributed by atoms with Crippen molar-refractivity contribution in [3.63, 3.8) is 0 Å². The zero-order valence-electron chi connectivity index (χ0n) is 23.2. The van der Waals surface area contributed by atoms with Gasteiger partial charge >= 0.3 is 6.09 Å². The maximum atomic E-state index is 14.1. The highest BCUT2D eigenvalue weighted by atomic mass is 35.5. The number of fused-ring (bicyclic) bond motifs is 1. The van der Waals surface area contributed by atoms with Crippen LogP contribution in [0.5, 0.6) is 0 Å². The number of pyridine rings is 1. The Morgan fingerprint density at radius 3 is 2.45 bits per heavy atom. The number of nitrogens with two attached hydrogens (primary N) is 1. The normalized spacial score (nSPS) is 13.0. The van der Waals surface area contributed by atoms with Gasteiger partial charge in [-0.15, -0.1) is 0 Å². The summed E-state index contributed by atoms with van der Waals surface area (Å²) in [6.07, 6.45) is -4.56. The molecule has 2 aromatic carbocycles. The fourth-order valence-corrected chi connectivity index (χ4v) is 5.63. The Labute approximate surface area is 256 Å². The average molecular weight is 651 g/mol. The van der Waals surface area contributed by atoms with Crippen LogP contribution >= 0.6 is 11.6 Å². The molecule has 1 unspecified atom stereocenters. The Bertz CT molecular complexity index is 1800. The third-order valence-corrected chi connectivity index (χ3v) is 7.67. The maximum Gasteiger partial charge on any atom is 0.405 e. The van der Waals surface area contributed by atoms with E-state index in [0.29, 0.717) is 6.07 Å². The second-order valence-electron chi connectivity index (χ2n) is 10.5. The van der Waals surface area contributed by atoms with E-state index in [2.05, 4.69) is 27.2 Å². The summed E-state index contributed by atoms with van der Waals surface area (Å²) >= 11 is 3.99. The molecule has 0 radical (unpaired) electrons. The lowest BCUT2D eigenvalue weighted by atomic mass is 9.93. The lowest BCUT2D eigenvalue weighted by Gasteiger charge is -2.21. The van der Waals surface area contributed by atoms with Crippen LogP contribution in [0.4, 0.5) is 28.2 Å². The van der Waals surface area contributed by atoms with E-state index < -0.39 is 53.2 Å². The van der Waals surface area contributed by atoms with Crippen LogP contribution in [0, 0.1) is 28.9 Å². The number of anilines is 1. The van der Waals surface area contributed by atoms with Gasteiger partial charge in [-0.2, -0.15) is 5.10 Å². The SMILES string of the molecule is CC(C)(C#Cc1ccc(-c2ccc(Cl)c3c(N)nn(CC(F)F)c23)c([C@H](Cc2cc(F)cc(F)c2)NC(=O)O)n1)CS(=O)[O-]. The average Bonchev–Trinajstić information content (AvgIpc) is 3.21. The van der Waals surface area contributed by atoms with E-state index in [4.69, 9.17) is 17.3 Å². The van der Waals surface area contributed by atoms with Crippen LogP contribution in [-0.4, -0.2) is 46.9 Å². The zero-order valence-corrected chi connectivity index (χ0v) is 24.8. The van der Waals surface area contributed by atoms with E-state index in [1.165, 1.54) is 24.3 Å². The highest BCUT2D eigenvalue weighted by Gasteiger charge is 2.26. The number of hydrogen-bond acceptors (Lipinski definition) is 6. The Balaban J connectivity index is 1.99. The molecule has 4 aromatic rings. The molecule has 2 atom stereocenters. The molecule has 1 amide bonds. The largest absolute Gasteiger partial charge is 0.772 e. The number of nitrogens with one attached hydrogen (secondary N) is 1. The van der Waals surface area contributed by atoms with Gasteiger partial charge in [-0.25, -0.2) is 27.3 Å². The summed E-state index contributed by atoms with van der Waals surface area (Å²) in [5.74, 6) is 3.49. The molecule has 0 bridgehead atoms. The number of amides is 1. The topological polar surface area (TPSA) is 146 Å². The highest BCUT2D eigenvalue weighted by molar-refractivity contribution is 7.79. The second-order valence-corrected chi connectivity index (χ2v) is 11.8. The quantitative estimate of drug-likeness (QED) is 0.120. The van der Waals surface area contributed by atoms with Crippen molar-refractivity contribution in [1.29, 1.82) is 0 Å². The number of carbonyl (C=O) groups is 1. The molecule has 15 heteroatoms. The van der Waals surface area contributed by atoms with Crippen LogP contribution in [0.1, 0.15) is 36.8 Å². The summed E-state index contributed by atoms with van der Waals surface area (Å²) in [5, 5.41) is 16.4. The van der Waals surface area contributed by atoms with Crippen molar-refractivity contribution in [3.05, 3.63) is 76.1 Å². The molecule has 0 aliphatic rings. The molecule has 2 heterocycles. The van der Waals surface area contributed by atoms with Gasteiger partial charge in [0.05, 0.1) is 27.7 Å². The van der Waals surface area contributed by atoms with E-state index in [0.717, 1.165) is 16.8 Å². The molecule has 44 heavy (non-hydrogen) atoms. The van der Waals surface area contributed by atoms with Gasteiger partial charge in [-0.05, 0) is 62.1 Å². The summed E-state index contributed by atoms with van der Waals surface area (Å²) < 4.78 is 78.7. The molecule has 4 N–H and O–H groups in total. The van der Waals surface area contributed by atoms with Crippen LogP contribution in [-0.2, 0) is 24.0 Å². The van der Waals surface area contributed by atoms with Crippen molar-refractivity contribution >= 4 is 45.5 Å². The maximum absolute atomic E-state index is 14.1. The number of nitrogen functional groups attached to an aromatic ring is 1. The molecule has 0 saturated heterocycles. The second kappa shape index (κ2) is 13.2. The summed E-state index contributed by atoms with van der Waals surface area (Å²) in [4.78, 5) is 16.5. The number of hydrogen-bond donors (Lipinski definition) is 3. The first kappa shape index (κ1) is 32.7. The van der Waals surface area contributed by atoms with E-state index in [-0.39, 0.29) is 62.0 Å². The molecular formula is C29H25ClF4N5O4S-. The molecular weight excluding hydrogens is 626 g/mol. The summed E-state index contributed by atoms with van der Waals surface area (Å²) in [5.41, 5.74) is 5.94. The number of carboxylic acid groups (broad SMARTS) is 1. The minimum Gasteiger partial charge on any atom is -0.772 e. The standard InChI is InChI=1S/C29H26ClF4N5O4S/c1-29(2,14-44(42)43)8-7-18-3-4-19(20-5-6-21(30)24-26(20)39(13-23(33)34)38-27(24)35)25(36-18)22(37-28(40)41)11-15-9-16(31)12-17(32)10-15/h3-6,9-10,12,22-23,37H,11,13-14H2,1-2H3,(H2,35,38)(H,40,41)(H,42,43)/p-1/t22-/m0/s1. The molecule has 2 aromatic heterocycles. The van der Waals surface area contributed by atoms with E-state index in [1.807, 2.05) is 0 Å². The van der Waals surface area contributed by atoms with E-state index in [9.17, 15) is 36.2 Å². The first-order valence-corrected chi connectivity index (χ1v) is 14.5. The monoisotopic (exact) mass is 650 g/mol. The summed E-state index contributed by atoms with van der Waals surface area (Å²) in [6.45, 7) is 2.39. The minimum absolute atomic E-state index is 0.0288. The van der Waals surface area contributed by atoms with Crippen LogP contribution in [0.15, 0.2) is 42.5 Å². The van der Waals surface area contributed by atoms with Gasteiger partial charge in [-0.3, -0.25) is 8.89 Å². The lowest BCUT2D eigenvalue weighted by Crippen LogP contribution is -2.30. The van der Waals surface area contributed by atoms with Gasteiger partial charge in [0.25, 0.3) is 6.43 Å². The fraction of sp³-hybridized carbons (Fsp3) is 0.276. The minimum atomic E-state index is -2.81. The van der Waals surface area contributed by atoms with Crippen molar-refractivity contribution in [2.45, 2.75) is 39.3 Å². The number of nitrogens with zero attached hydrogens (tertiary/aromatic N) is 3. The smallest absolute Gasteiger partial charge is 0.405 e. The predicted octanol–water partition coefficient (Wildman–Crippen LogP) is 5.69. The molecule has 9 nitrogen and oxygen atoms in total. The number of rotatable bonds is 9. The Hall–Kier alpha value is -4.19. The number of halogens is 5. The molecule has 0 saturated carbocycles. The number of alkyl halides is 2. The Morgan fingerprint density at radius 1 is 1.18 bits per heavy atom. The van der Waals surface area contributed by atoms with Crippen molar-refractivity contribution in [2.75, 3.05) is 11.5 Å². The van der Waals surface area contributed by atoms with Gasteiger partial charge < -0.3 is 20.7 Å². The molecule has 0 spiro atoms. The van der Waals surface area contributed by atoms with Crippen molar-refractivity contribution in [3.8, 4) is 23.0 Å². The summed E-state index contributed by atoms with van der Waals surface area (Å²) in [7, 11) is 0. The third-order valence-electron chi connectivity index (χ3n) is 6.39. The van der Waals surface area contributed by atoms with E-state index in [1.54, 1.807) is 13.8 Å². The Morgan fingerprint density at radius 2 is 1.84 bits per heavy atom. The highest BCUT2D eigenvalue weighted by Crippen LogP contribution is 2.39. The first-order valence-electron chi connectivity index (χ1n) is 12.9. The third kappa shape index (κ3) is 7.85. The predicted molar refractivity (Wildman–Crippen MR) is 157 cm³/mol. The Kier molecular flexibility index (Phi) is 9.82. The first-order chi connectivity index (χ1) is 20.6. The van der Waals surface area contributed by atoms with Gasteiger partial charge in [-0.1, -0.05) is 34.7 Å². The summed E-state index contributed by atoms with van der Waals surface area (Å²) in [6, 6.07) is 7.47. The molecule has 0 aliphatic carbocycles. The van der Waals surface area contributed by atoms with Crippen LogP contribution in [0.3, 0.4) is 0 Å². The van der Waals surface area contributed by atoms with Gasteiger partial charge in [0.1, 0.15) is 23.9 Å². The number of aromatic nitrogens is 3. The van der Waals surface area contributed by atoms with Gasteiger partial charge in [0.2, 0.25) is 0 Å². The van der Waals surface area contributed by atoms with Crippen LogP contribution in [0.25, 0.3) is 22.0 Å². The van der Waals surface area contributed by atoms with Gasteiger partial charge in [0, 0.05) is 28.4 Å². The van der Waals surface area contributed by atoms with E-state index >= 15 is 0 Å². The van der Waals surface area contributed by atoms with Crippen LogP contribution in [0.2, 0.25) is 5.02 Å². The zero-order chi connectivity index (χ0) is 32.3. The molecule has 232 valence electrons. The van der Waals surface area contributed by atoms with Crippen molar-refractivity contribution < 1.29 is 36.2 Å². The molecule has 0 fully saturated rings. The van der Waals surface area contributed by atoms with Crippen molar-refractivity contribution in [2.24, 2.45) is 5.41 Å². The fourth-order valence-electron chi connectivity index (χ4n) is 4.72. The molecule has 4 rings (SSSR count). The van der Waals surface area contributed by atoms with Crippen molar-refractivity contribution in [1.82, 2.24) is 20.1 Å². The van der Waals surface area contributed by atoms with Gasteiger partial charge in [0.15, 0.2) is 5.82 Å². The lowest BCUT2D eigenvalue weighted by molar-refractivity contribution is 0.123. The number of benzene rings is 2. The molecule has 0 aliphatic heterocycles. The van der Waals surface area contributed by atoms with Crippen LogP contribution < -0.4 is 11.1 Å².